The Morgan fingerprint density at radius 3 is 2.00 bits per heavy atom. The number of likely N-dealkylation sites (N-methyl/N-ethyl adjacent to an activating group) is 1. The molecule has 0 aliphatic rings. The first-order chi connectivity index (χ1) is 20.2. The number of carbonyl (C=O) groups excluding carboxylic acids is 2. The highest BCUT2D eigenvalue weighted by molar-refractivity contribution is 9.10. The number of benzene rings is 4. The van der Waals surface area contributed by atoms with Gasteiger partial charge in [-0.25, -0.2) is 8.42 Å². The molecule has 0 fully saturated rings. The monoisotopic (exact) mass is 649 g/mol. The third-order valence-electron chi connectivity index (χ3n) is 6.75. The van der Waals surface area contributed by atoms with Crippen LogP contribution < -0.4 is 14.4 Å². The first-order valence-electron chi connectivity index (χ1n) is 13.2. The van der Waals surface area contributed by atoms with Gasteiger partial charge in [0.2, 0.25) is 11.8 Å². The second-order valence-electron chi connectivity index (χ2n) is 9.49. The number of amides is 2. The van der Waals surface area contributed by atoms with Crippen molar-refractivity contribution in [2.24, 2.45) is 0 Å². The third kappa shape index (κ3) is 7.57. The summed E-state index contributed by atoms with van der Waals surface area (Å²) in [6.07, 6.45) is 0.247. The number of carbonyl (C=O) groups is 2. The zero-order valence-corrected chi connectivity index (χ0v) is 25.7. The summed E-state index contributed by atoms with van der Waals surface area (Å²) in [5, 5.41) is 2.68. The van der Waals surface area contributed by atoms with E-state index in [4.69, 9.17) is 4.74 Å². The maximum atomic E-state index is 14.3. The molecule has 10 heteroatoms. The van der Waals surface area contributed by atoms with Crippen LogP contribution in [0.4, 0.5) is 5.69 Å². The molecule has 1 atom stereocenters. The van der Waals surface area contributed by atoms with Gasteiger partial charge < -0.3 is 15.0 Å². The summed E-state index contributed by atoms with van der Waals surface area (Å²) in [6.45, 7) is -0.429. The average molecular weight is 651 g/mol. The minimum atomic E-state index is -4.15. The fraction of sp³-hybridized carbons (Fsp3) is 0.188. The standard InChI is InChI=1S/C32H32BrN3O5S/c1-34-32(38)30(21-24-9-5-3-6-10-24)35(22-25-13-15-26(33)16-14-25)31(37)23-36(27-17-19-28(41-2)20-18-27)42(39,40)29-11-7-4-8-12-29/h3-20,30H,21-23H2,1-2H3,(H,34,38)/t30-/m0/s1. The number of nitrogens with zero attached hydrogens (tertiary/aromatic N) is 2. The van der Waals surface area contributed by atoms with E-state index in [0.29, 0.717) is 5.75 Å². The number of hydrogen-bond donors (Lipinski definition) is 1. The van der Waals surface area contributed by atoms with Gasteiger partial charge in [0, 0.05) is 24.5 Å². The van der Waals surface area contributed by atoms with Crippen LogP contribution in [-0.4, -0.2) is 51.9 Å². The van der Waals surface area contributed by atoms with Gasteiger partial charge in [0.05, 0.1) is 17.7 Å². The van der Waals surface area contributed by atoms with Crippen LogP contribution in [0.5, 0.6) is 5.75 Å². The molecular formula is C32H32BrN3O5S. The normalized spacial score (nSPS) is 11.8. The molecule has 0 aliphatic carbocycles. The molecule has 0 heterocycles. The van der Waals surface area contributed by atoms with Crippen molar-refractivity contribution in [1.29, 1.82) is 0 Å². The lowest BCUT2D eigenvalue weighted by Crippen LogP contribution is -2.53. The quantitative estimate of drug-likeness (QED) is 0.232. The molecule has 4 rings (SSSR count). The average Bonchev–Trinajstić information content (AvgIpc) is 3.03. The summed E-state index contributed by atoms with van der Waals surface area (Å²) in [5.41, 5.74) is 1.94. The molecule has 0 radical (unpaired) electrons. The van der Waals surface area contributed by atoms with Crippen LogP contribution in [-0.2, 0) is 32.6 Å². The van der Waals surface area contributed by atoms with E-state index in [1.54, 1.807) is 42.5 Å². The number of hydrogen-bond acceptors (Lipinski definition) is 5. The highest BCUT2D eigenvalue weighted by Crippen LogP contribution is 2.27. The fourth-order valence-electron chi connectivity index (χ4n) is 4.50. The van der Waals surface area contributed by atoms with E-state index in [2.05, 4.69) is 21.2 Å². The van der Waals surface area contributed by atoms with Crippen LogP contribution in [0.1, 0.15) is 11.1 Å². The van der Waals surface area contributed by atoms with E-state index in [-0.39, 0.29) is 29.5 Å². The van der Waals surface area contributed by atoms with Gasteiger partial charge in [-0.15, -0.1) is 0 Å². The van der Waals surface area contributed by atoms with Crippen LogP contribution in [0.15, 0.2) is 119 Å². The molecule has 218 valence electrons. The van der Waals surface area contributed by atoms with Gasteiger partial charge in [-0.05, 0) is 59.7 Å². The lowest BCUT2D eigenvalue weighted by Gasteiger charge is -2.33. The summed E-state index contributed by atoms with van der Waals surface area (Å²) >= 11 is 3.43. The molecule has 4 aromatic rings. The summed E-state index contributed by atoms with van der Waals surface area (Å²) in [7, 11) is -1.12. The van der Waals surface area contributed by atoms with Gasteiger partial charge in [0.25, 0.3) is 10.0 Å². The van der Waals surface area contributed by atoms with E-state index in [0.717, 1.165) is 19.9 Å². The lowest BCUT2D eigenvalue weighted by atomic mass is 10.0. The molecule has 0 spiro atoms. The Morgan fingerprint density at radius 1 is 0.833 bits per heavy atom. The SMILES string of the molecule is CNC(=O)[C@H](Cc1ccccc1)N(Cc1ccc(Br)cc1)C(=O)CN(c1ccc(OC)cc1)S(=O)(=O)c1ccccc1. The molecule has 2 amide bonds. The lowest BCUT2D eigenvalue weighted by molar-refractivity contribution is -0.139. The summed E-state index contributed by atoms with van der Waals surface area (Å²) in [5.74, 6) is -0.342. The molecule has 0 unspecified atom stereocenters. The highest BCUT2D eigenvalue weighted by Gasteiger charge is 2.34. The van der Waals surface area contributed by atoms with Gasteiger partial charge >= 0.3 is 0 Å². The molecule has 0 saturated carbocycles. The van der Waals surface area contributed by atoms with Crippen LogP contribution >= 0.6 is 15.9 Å². The van der Waals surface area contributed by atoms with Crippen molar-refractivity contribution in [3.63, 3.8) is 0 Å². The van der Waals surface area contributed by atoms with Crippen LogP contribution in [0.3, 0.4) is 0 Å². The Labute approximate surface area is 255 Å². The topological polar surface area (TPSA) is 96.0 Å². The predicted octanol–water partition coefficient (Wildman–Crippen LogP) is 5.04. The summed E-state index contributed by atoms with van der Waals surface area (Å²) in [4.78, 5) is 29.0. The number of sulfonamides is 1. The van der Waals surface area contributed by atoms with Gasteiger partial charge in [-0.2, -0.15) is 0 Å². The number of anilines is 1. The van der Waals surface area contributed by atoms with Gasteiger partial charge in [-0.3, -0.25) is 13.9 Å². The van der Waals surface area contributed by atoms with E-state index in [1.165, 1.54) is 31.2 Å². The molecule has 4 aromatic carbocycles. The van der Waals surface area contributed by atoms with E-state index in [1.807, 2.05) is 54.6 Å². The number of halogens is 1. The molecule has 0 aromatic heterocycles. The maximum absolute atomic E-state index is 14.3. The van der Waals surface area contributed by atoms with E-state index < -0.39 is 28.5 Å². The van der Waals surface area contributed by atoms with Crippen LogP contribution in [0, 0.1) is 0 Å². The Hall–Kier alpha value is -4.15. The van der Waals surface area contributed by atoms with Crippen molar-refractivity contribution in [1.82, 2.24) is 10.2 Å². The first kappa shape index (κ1) is 30.8. The predicted molar refractivity (Wildman–Crippen MR) is 167 cm³/mol. The second-order valence-corrected chi connectivity index (χ2v) is 12.3. The Kier molecular flexibility index (Phi) is 10.4. The summed E-state index contributed by atoms with van der Waals surface area (Å²) < 4.78 is 35.1. The zero-order valence-electron chi connectivity index (χ0n) is 23.3. The van der Waals surface area contributed by atoms with Gasteiger partial charge in [0.1, 0.15) is 18.3 Å². The minimum absolute atomic E-state index is 0.0419. The molecule has 1 N–H and O–H groups in total. The molecule has 42 heavy (non-hydrogen) atoms. The van der Waals surface area contributed by atoms with Crippen molar-refractivity contribution in [3.05, 3.63) is 125 Å². The molecule has 0 aliphatic heterocycles. The smallest absolute Gasteiger partial charge is 0.264 e. The molecule has 0 bridgehead atoms. The van der Waals surface area contributed by atoms with E-state index in [9.17, 15) is 18.0 Å². The molecule has 8 nitrogen and oxygen atoms in total. The van der Waals surface area contributed by atoms with Crippen molar-refractivity contribution in [2.45, 2.75) is 23.9 Å². The first-order valence-corrected chi connectivity index (χ1v) is 15.5. The zero-order chi connectivity index (χ0) is 30.1. The Balaban J connectivity index is 1.77. The van der Waals surface area contributed by atoms with Crippen LogP contribution in [0.25, 0.3) is 0 Å². The third-order valence-corrected chi connectivity index (χ3v) is 9.07. The minimum Gasteiger partial charge on any atom is -0.497 e. The molecule has 0 saturated heterocycles. The number of rotatable bonds is 12. The van der Waals surface area contributed by atoms with Gasteiger partial charge in [0.15, 0.2) is 0 Å². The number of methoxy groups -OCH3 is 1. The second kappa shape index (κ2) is 14.2. The van der Waals surface area contributed by atoms with E-state index >= 15 is 0 Å². The fourth-order valence-corrected chi connectivity index (χ4v) is 6.20. The Bertz CT molecular complexity index is 1580. The van der Waals surface area contributed by atoms with Crippen molar-refractivity contribution in [2.75, 3.05) is 25.0 Å². The summed E-state index contributed by atoms with van der Waals surface area (Å²) in [6, 6.07) is 30.3. The highest BCUT2D eigenvalue weighted by atomic mass is 79.9. The number of nitrogens with one attached hydrogen (secondary N) is 1. The van der Waals surface area contributed by atoms with Crippen LogP contribution in [0.2, 0.25) is 0 Å². The van der Waals surface area contributed by atoms with Crippen molar-refractivity contribution in [3.8, 4) is 5.75 Å². The largest absolute Gasteiger partial charge is 0.497 e. The maximum Gasteiger partial charge on any atom is 0.264 e. The van der Waals surface area contributed by atoms with Crippen molar-refractivity contribution >= 4 is 43.5 Å². The van der Waals surface area contributed by atoms with Crippen molar-refractivity contribution < 1.29 is 22.7 Å². The Morgan fingerprint density at radius 2 is 1.43 bits per heavy atom. The molecular weight excluding hydrogens is 618 g/mol. The number of ether oxygens (including phenoxy) is 1. The van der Waals surface area contributed by atoms with Gasteiger partial charge in [-0.1, -0.05) is 76.6 Å².